The van der Waals surface area contributed by atoms with Crippen molar-refractivity contribution in [2.45, 2.75) is 33.7 Å². The highest BCUT2D eigenvalue weighted by atomic mass is 16.5. The Hall–Kier alpha value is -1.13. The second-order valence-corrected chi connectivity index (χ2v) is 4.74. The molecular formula is C14H24N2O2. The van der Waals surface area contributed by atoms with Gasteiger partial charge in [0.05, 0.1) is 12.3 Å². The third-order valence-corrected chi connectivity index (χ3v) is 2.59. The Labute approximate surface area is 110 Å². The van der Waals surface area contributed by atoms with Crippen LogP contribution in [0.3, 0.4) is 0 Å². The van der Waals surface area contributed by atoms with Gasteiger partial charge in [-0.15, -0.1) is 0 Å². The van der Waals surface area contributed by atoms with E-state index in [2.05, 4.69) is 18.8 Å². The predicted molar refractivity (Wildman–Crippen MR) is 72.6 cm³/mol. The first-order chi connectivity index (χ1) is 8.63. The molecule has 102 valence electrons. The molecule has 1 heterocycles. The third-order valence-electron chi connectivity index (χ3n) is 2.59. The lowest BCUT2D eigenvalue weighted by Crippen LogP contribution is -2.11. The summed E-state index contributed by atoms with van der Waals surface area (Å²) in [6.45, 7) is 8.64. The molecule has 1 rings (SSSR count). The Morgan fingerprint density at radius 2 is 2.00 bits per heavy atom. The predicted octanol–water partition coefficient (Wildman–Crippen LogP) is 2.29. The first-order valence-electron chi connectivity index (χ1n) is 6.50. The van der Waals surface area contributed by atoms with Gasteiger partial charge in [-0.2, -0.15) is 0 Å². The third kappa shape index (κ3) is 5.47. The van der Waals surface area contributed by atoms with Gasteiger partial charge in [0, 0.05) is 18.8 Å². The maximum Gasteiger partial charge on any atom is 0.142 e. The summed E-state index contributed by atoms with van der Waals surface area (Å²) in [6, 6.07) is 3.84. The van der Waals surface area contributed by atoms with Gasteiger partial charge in [-0.1, -0.05) is 13.8 Å². The van der Waals surface area contributed by atoms with Crippen LogP contribution in [0.4, 0.5) is 0 Å². The highest BCUT2D eigenvalue weighted by Gasteiger charge is 2.04. The Morgan fingerprint density at radius 3 is 2.67 bits per heavy atom. The summed E-state index contributed by atoms with van der Waals surface area (Å²) in [4.78, 5) is 4.34. The monoisotopic (exact) mass is 252 g/mol. The number of hydrogen-bond acceptors (Lipinski definition) is 4. The van der Waals surface area contributed by atoms with E-state index in [1.165, 1.54) is 0 Å². The summed E-state index contributed by atoms with van der Waals surface area (Å²) in [7, 11) is 0. The van der Waals surface area contributed by atoms with E-state index in [1.807, 2.05) is 19.1 Å². The summed E-state index contributed by atoms with van der Waals surface area (Å²) in [6.07, 6.45) is 1.08. The van der Waals surface area contributed by atoms with Gasteiger partial charge < -0.3 is 15.2 Å². The molecule has 18 heavy (non-hydrogen) atoms. The van der Waals surface area contributed by atoms with E-state index in [0.29, 0.717) is 25.7 Å². The molecule has 0 spiro atoms. The SMILES string of the molecule is Cc1ccc(OCCOCCC(C)C)c(CN)n1. The fraction of sp³-hybridized carbons (Fsp3) is 0.643. The molecule has 2 N–H and O–H groups in total. The van der Waals surface area contributed by atoms with Crippen molar-refractivity contribution in [3.05, 3.63) is 23.5 Å². The smallest absolute Gasteiger partial charge is 0.142 e. The fourth-order valence-electron chi connectivity index (χ4n) is 1.51. The molecule has 0 unspecified atom stereocenters. The molecule has 0 fully saturated rings. The summed E-state index contributed by atoms with van der Waals surface area (Å²) >= 11 is 0. The Bertz CT molecular complexity index is 354. The first-order valence-corrected chi connectivity index (χ1v) is 6.50. The van der Waals surface area contributed by atoms with Gasteiger partial charge in [-0.3, -0.25) is 4.98 Å². The summed E-state index contributed by atoms with van der Waals surface area (Å²) in [5, 5.41) is 0. The summed E-state index contributed by atoms with van der Waals surface area (Å²) < 4.78 is 11.1. The maximum absolute atomic E-state index is 5.63. The zero-order chi connectivity index (χ0) is 13.4. The van der Waals surface area contributed by atoms with Crippen LogP contribution in [0.25, 0.3) is 0 Å². The van der Waals surface area contributed by atoms with E-state index in [0.717, 1.165) is 30.2 Å². The molecule has 0 saturated carbocycles. The van der Waals surface area contributed by atoms with Gasteiger partial charge in [-0.25, -0.2) is 0 Å². The minimum atomic E-state index is 0.394. The van der Waals surface area contributed by atoms with E-state index in [1.54, 1.807) is 0 Å². The van der Waals surface area contributed by atoms with Crippen LogP contribution in [0.2, 0.25) is 0 Å². The average molecular weight is 252 g/mol. The van der Waals surface area contributed by atoms with E-state index in [9.17, 15) is 0 Å². The highest BCUT2D eigenvalue weighted by Crippen LogP contribution is 2.16. The molecule has 0 aromatic carbocycles. The Kier molecular flexibility index (Phi) is 6.68. The Morgan fingerprint density at radius 1 is 1.22 bits per heavy atom. The number of pyridine rings is 1. The molecule has 1 aromatic rings. The second-order valence-electron chi connectivity index (χ2n) is 4.74. The van der Waals surface area contributed by atoms with Gasteiger partial charge >= 0.3 is 0 Å². The Balaban J connectivity index is 2.27. The number of nitrogens with two attached hydrogens (primary N) is 1. The van der Waals surface area contributed by atoms with Crippen molar-refractivity contribution >= 4 is 0 Å². The second kappa shape index (κ2) is 8.06. The van der Waals surface area contributed by atoms with Gasteiger partial charge in [0.25, 0.3) is 0 Å². The molecule has 1 aromatic heterocycles. The molecule has 0 amide bonds. The number of nitrogens with zero attached hydrogens (tertiary/aromatic N) is 1. The van der Waals surface area contributed by atoms with Crippen LogP contribution >= 0.6 is 0 Å². The van der Waals surface area contributed by atoms with Crippen LogP contribution in [0, 0.1) is 12.8 Å². The average Bonchev–Trinajstić information content (AvgIpc) is 2.34. The van der Waals surface area contributed by atoms with Crippen LogP contribution < -0.4 is 10.5 Å². The van der Waals surface area contributed by atoms with E-state index >= 15 is 0 Å². The summed E-state index contributed by atoms with van der Waals surface area (Å²) in [5.41, 5.74) is 7.39. The molecule has 4 heteroatoms. The number of hydrogen-bond donors (Lipinski definition) is 1. The lowest BCUT2D eigenvalue weighted by molar-refractivity contribution is 0.0921. The molecular weight excluding hydrogens is 228 g/mol. The van der Waals surface area contributed by atoms with Crippen molar-refractivity contribution in [3.8, 4) is 5.75 Å². The van der Waals surface area contributed by atoms with Crippen molar-refractivity contribution in [2.24, 2.45) is 11.7 Å². The normalized spacial score (nSPS) is 10.9. The van der Waals surface area contributed by atoms with Gasteiger partial charge in [0.2, 0.25) is 0 Å². The molecule has 0 aliphatic rings. The van der Waals surface area contributed by atoms with Gasteiger partial charge in [-0.05, 0) is 31.4 Å². The van der Waals surface area contributed by atoms with E-state index in [4.69, 9.17) is 15.2 Å². The summed E-state index contributed by atoms with van der Waals surface area (Å²) in [5.74, 6) is 1.44. The van der Waals surface area contributed by atoms with Crippen molar-refractivity contribution in [3.63, 3.8) is 0 Å². The minimum Gasteiger partial charge on any atom is -0.489 e. The van der Waals surface area contributed by atoms with Crippen LogP contribution in [0.1, 0.15) is 31.7 Å². The van der Waals surface area contributed by atoms with E-state index in [-0.39, 0.29) is 0 Å². The molecule has 0 bridgehead atoms. The van der Waals surface area contributed by atoms with Crippen LogP contribution in [0.5, 0.6) is 5.75 Å². The molecule has 0 radical (unpaired) electrons. The molecule has 4 nitrogen and oxygen atoms in total. The zero-order valence-corrected chi connectivity index (χ0v) is 11.6. The quantitative estimate of drug-likeness (QED) is 0.721. The van der Waals surface area contributed by atoms with E-state index < -0.39 is 0 Å². The largest absolute Gasteiger partial charge is 0.489 e. The maximum atomic E-state index is 5.63. The topological polar surface area (TPSA) is 57.4 Å². The highest BCUT2D eigenvalue weighted by molar-refractivity contribution is 5.29. The standard InChI is InChI=1S/C14H24N2O2/c1-11(2)6-7-17-8-9-18-14-5-4-12(3)16-13(14)10-15/h4-5,11H,6-10,15H2,1-3H3. The molecule has 0 aliphatic heterocycles. The van der Waals surface area contributed by atoms with Crippen LogP contribution in [-0.2, 0) is 11.3 Å². The molecule has 0 saturated heterocycles. The van der Waals surface area contributed by atoms with Crippen molar-refractivity contribution in [2.75, 3.05) is 19.8 Å². The lowest BCUT2D eigenvalue weighted by atomic mass is 10.1. The fourth-order valence-corrected chi connectivity index (χ4v) is 1.51. The van der Waals surface area contributed by atoms with Crippen LogP contribution in [-0.4, -0.2) is 24.8 Å². The molecule has 0 aliphatic carbocycles. The van der Waals surface area contributed by atoms with Crippen molar-refractivity contribution < 1.29 is 9.47 Å². The van der Waals surface area contributed by atoms with Gasteiger partial charge in [0.15, 0.2) is 0 Å². The minimum absolute atomic E-state index is 0.394. The van der Waals surface area contributed by atoms with Gasteiger partial charge in [0.1, 0.15) is 12.4 Å². The van der Waals surface area contributed by atoms with Crippen LogP contribution in [0.15, 0.2) is 12.1 Å². The number of aromatic nitrogens is 1. The van der Waals surface area contributed by atoms with Crippen molar-refractivity contribution in [1.29, 1.82) is 0 Å². The number of aryl methyl sites for hydroxylation is 1. The molecule has 0 atom stereocenters. The zero-order valence-electron chi connectivity index (χ0n) is 11.6. The first kappa shape index (κ1) is 14.9. The number of rotatable bonds is 8. The number of ether oxygens (including phenoxy) is 2. The van der Waals surface area contributed by atoms with Crippen molar-refractivity contribution in [1.82, 2.24) is 4.98 Å². The lowest BCUT2D eigenvalue weighted by Gasteiger charge is -2.11.